The highest BCUT2D eigenvalue weighted by Gasteiger charge is 2.36. The van der Waals surface area contributed by atoms with E-state index in [1.165, 1.54) is 75.6 Å². The Labute approximate surface area is 341 Å². The monoisotopic (exact) mass is 759 g/mol. The number of rotatable bonds is 5. The predicted molar refractivity (Wildman–Crippen MR) is 245 cm³/mol. The lowest BCUT2D eigenvalue weighted by molar-refractivity contribution is 0.487. The van der Waals surface area contributed by atoms with Crippen LogP contribution in [0.5, 0.6) is 11.5 Å². The second-order valence-corrected chi connectivity index (χ2v) is 17.1. The standard InChI is InChI=1S/C55H37NOS/c1-55(2)47-22-8-6-17-40(47)46-32-37(26-29-48(46)55)56(49-23-12-21-45-42-18-7-9-24-52(42)58-54(45)49)38-25-27-41-44-20-11-19-43-39(28-30-50(53(43)44)57-51(41)33-38)36-16-10-15-35(31-36)34-13-4-3-5-14-34/h3-33H,1-2H3. The van der Waals surface area contributed by atoms with Gasteiger partial charge in [0.15, 0.2) is 0 Å². The van der Waals surface area contributed by atoms with Gasteiger partial charge in [-0.3, -0.25) is 0 Å². The maximum atomic E-state index is 6.96. The van der Waals surface area contributed by atoms with E-state index in [9.17, 15) is 0 Å². The van der Waals surface area contributed by atoms with E-state index in [1.54, 1.807) is 0 Å². The number of hydrogen-bond donors (Lipinski definition) is 0. The number of anilines is 3. The van der Waals surface area contributed by atoms with Crippen LogP contribution in [-0.2, 0) is 5.41 Å². The molecule has 1 aliphatic carbocycles. The highest BCUT2D eigenvalue weighted by atomic mass is 32.1. The minimum absolute atomic E-state index is 0.0700. The third-order valence-electron chi connectivity index (χ3n) is 12.5. The molecule has 2 nitrogen and oxygen atoms in total. The second kappa shape index (κ2) is 12.5. The van der Waals surface area contributed by atoms with Crippen molar-refractivity contribution < 1.29 is 4.74 Å². The first-order valence-electron chi connectivity index (χ1n) is 20.0. The smallest absolute Gasteiger partial charge is 0.137 e. The average Bonchev–Trinajstić information content (AvgIpc) is 3.76. The summed E-state index contributed by atoms with van der Waals surface area (Å²) in [6, 6.07) is 68.7. The van der Waals surface area contributed by atoms with Gasteiger partial charge < -0.3 is 9.64 Å². The summed E-state index contributed by atoms with van der Waals surface area (Å²) in [7, 11) is 0. The van der Waals surface area contributed by atoms with Gasteiger partial charge in [-0.05, 0) is 104 Å². The molecule has 0 unspecified atom stereocenters. The van der Waals surface area contributed by atoms with Crippen molar-refractivity contribution in [2.75, 3.05) is 4.90 Å². The van der Waals surface area contributed by atoms with Crippen LogP contribution < -0.4 is 9.64 Å². The summed E-state index contributed by atoms with van der Waals surface area (Å²) < 4.78 is 9.51. The zero-order chi connectivity index (χ0) is 38.5. The molecule has 1 aromatic heterocycles. The van der Waals surface area contributed by atoms with Gasteiger partial charge >= 0.3 is 0 Å². The molecular formula is C55H37NOS. The molecule has 2 heterocycles. The number of benzene rings is 9. The zero-order valence-corrected chi connectivity index (χ0v) is 33.0. The van der Waals surface area contributed by atoms with Gasteiger partial charge in [0, 0.05) is 49.3 Å². The van der Waals surface area contributed by atoms with Gasteiger partial charge in [0.1, 0.15) is 11.5 Å². The first-order chi connectivity index (χ1) is 28.5. The molecule has 1 aliphatic heterocycles. The van der Waals surface area contributed by atoms with Crippen LogP contribution in [0.2, 0.25) is 0 Å². The van der Waals surface area contributed by atoms with Gasteiger partial charge in [0.2, 0.25) is 0 Å². The summed E-state index contributed by atoms with van der Waals surface area (Å²) in [6.45, 7) is 4.69. The maximum absolute atomic E-state index is 6.96. The normalized spacial score (nSPS) is 13.3. The fraction of sp³-hybridized carbons (Fsp3) is 0.0545. The molecule has 2 aliphatic rings. The van der Waals surface area contributed by atoms with Crippen molar-refractivity contribution in [1.82, 2.24) is 0 Å². The van der Waals surface area contributed by atoms with Crippen molar-refractivity contribution in [2.45, 2.75) is 19.3 Å². The Kier molecular flexibility index (Phi) is 7.18. The Bertz CT molecular complexity index is 3300. The van der Waals surface area contributed by atoms with Crippen LogP contribution in [-0.4, -0.2) is 0 Å². The first-order valence-corrected chi connectivity index (χ1v) is 20.8. The summed E-state index contributed by atoms with van der Waals surface area (Å²) in [5, 5.41) is 4.90. The van der Waals surface area contributed by atoms with Crippen LogP contribution in [0.3, 0.4) is 0 Å². The van der Waals surface area contributed by atoms with Crippen molar-refractivity contribution in [3.63, 3.8) is 0 Å². The van der Waals surface area contributed by atoms with Crippen LogP contribution in [0.15, 0.2) is 188 Å². The van der Waals surface area contributed by atoms with Gasteiger partial charge in [-0.25, -0.2) is 0 Å². The van der Waals surface area contributed by atoms with E-state index >= 15 is 0 Å². The van der Waals surface area contributed by atoms with E-state index in [-0.39, 0.29) is 5.41 Å². The minimum atomic E-state index is -0.0700. The lowest BCUT2D eigenvalue weighted by Crippen LogP contribution is -2.15. The van der Waals surface area contributed by atoms with Crippen molar-refractivity contribution >= 4 is 59.3 Å². The molecule has 0 spiro atoms. The number of nitrogens with zero attached hydrogens (tertiary/aromatic N) is 1. The summed E-state index contributed by atoms with van der Waals surface area (Å²) in [4.78, 5) is 2.44. The molecule has 0 N–H and O–H groups in total. The Balaban J connectivity index is 1.02. The topological polar surface area (TPSA) is 12.5 Å². The highest BCUT2D eigenvalue weighted by molar-refractivity contribution is 7.26. The summed E-state index contributed by atoms with van der Waals surface area (Å²) in [5.74, 6) is 1.74. The first kappa shape index (κ1) is 33.2. The number of hydrogen-bond acceptors (Lipinski definition) is 3. The molecule has 10 aromatic rings. The van der Waals surface area contributed by atoms with E-state index in [4.69, 9.17) is 4.74 Å². The van der Waals surface area contributed by atoms with Crippen molar-refractivity contribution in [1.29, 1.82) is 0 Å². The van der Waals surface area contributed by atoms with Crippen LogP contribution in [0.1, 0.15) is 25.0 Å². The zero-order valence-electron chi connectivity index (χ0n) is 32.2. The van der Waals surface area contributed by atoms with E-state index < -0.39 is 0 Å². The Hall–Kier alpha value is -6.94. The maximum Gasteiger partial charge on any atom is 0.137 e. The van der Waals surface area contributed by atoms with Gasteiger partial charge in [-0.15, -0.1) is 11.3 Å². The number of ether oxygens (including phenoxy) is 1. The molecule has 0 radical (unpaired) electrons. The van der Waals surface area contributed by atoms with E-state index in [0.717, 1.165) is 39.5 Å². The Morgan fingerprint density at radius 3 is 2.03 bits per heavy atom. The fourth-order valence-corrected chi connectivity index (χ4v) is 10.9. The summed E-state index contributed by atoms with van der Waals surface area (Å²) >= 11 is 1.86. The highest BCUT2D eigenvalue weighted by Crippen LogP contribution is 2.54. The molecule has 3 heteroatoms. The second-order valence-electron chi connectivity index (χ2n) is 16.1. The van der Waals surface area contributed by atoms with Crippen LogP contribution in [0, 0.1) is 0 Å². The molecule has 274 valence electrons. The predicted octanol–water partition coefficient (Wildman–Crippen LogP) is 16.1. The van der Waals surface area contributed by atoms with Crippen molar-refractivity contribution in [3.05, 3.63) is 199 Å². The third-order valence-corrected chi connectivity index (χ3v) is 13.7. The molecule has 9 aromatic carbocycles. The van der Waals surface area contributed by atoms with Crippen LogP contribution in [0.25, 0.3) is 75.5 Å². The van der Waals surface area contributed by atoms with Gasteiger partial charge in [0.05, 0.1) is 10.4 Å². The van der Waals surface area contributed by atoms with Crippen LogP contribution >= 0.6 is 11.3 Å². The lowest BCUT2D eigenvalue weighted by atomic mass is 9.82. The molecule has 0 bridgehead atoms. The molecule has 0 atom stereocenters. The van der Waals surface area contributed by atoms with Crippen LogP contribution in [0.4, 0.5) is 17.1 Å². The minimum Gasteiger partial charge on any atom is -0.456 e. The number of fused-ring (bicyclic) bond motifs is 8. The quantitative estimate of drug-likeness (QED) is 0.173. The molecule has 0 saturated heterocycles. The number of thiophene rings is 1. The lowest BCUT2D eigenvalue weighted by Gasteiger charge is -2.29. The molecule has 0 amide bonds. The molecular weight excluding hydrogens is 723 g/mol. The summed E-state index contributed by atoms with van der Waals surface area (Å²) in [5.41, 5.74) is 15.7. The Morgan fingerprint density at radius 2 is 1.10 bits per heavy atom. The van der Waals surface area contributed by atoms with E-state index in [2.05, 4.69) is 207 Å². The van der Waals surface area contributed by atoms with E-state index in [1.807, 2.05) is 11.3 Å². The van der Waals surface area contributed by atoms with Gasteiger partial charge in [-0.2, -0.15) is 0 Å². The fourth-order valence-electron chi connectivity index (χ4n) is 9.69. The third kappa shape index (κ3) is 4.90. The van der Waals surface area contributed by atoms with Gasteiger partial charge in [-0.1, -0.05) is 147 Å². The molecule has 0 fully saturated rings. The SMILES string of the molecule is CC1(C)c2ccccc2-c2cc(N(c3ccc4c(c3)Oc3ccc(-c5cccc(-c6ccccc6)c5)c5cccc-4c35)c3cccc4c3sc3ccccc34)ccc21. The molecule has 0 saturated carbocycles. The summed E-state index contributed by atoms with van der Waals surface area (Å²) in [6.07, 6.45) is 0. The van der Waals surface area contributed by atoms with E-state index in [0.29, 0.717) is 0 Å². The van der Waals surface area contributed by atoms with Crippen molar-refractivity contribution in [3.8, 4) is 56.0 Å². The molecule has 12 rings (SSSR count). The van der Waals surface area contributed by atoms with Gasteiger partial charge in [0.25, 0.3) is 0 Å². The molecule has 58 heavy (non-hydrogen) atoms. The van der Waals surface area contributed by atoms with Crippen molar-refractivity contribution in [2.24, 2.45) is 0 Å². The Morgan fingerprint density at radius 1 is 0.431 bits per heavy atom. The average molecular weight is 760 g/mol. The largest absolute Gasteiger partial charge is 0.456 e.